The zero-order valence-corrected chi connectivity index (χ0v) is 7.84. The monoisotopic (exact) mass is 163 g/mol. The van der Waals surface area contributed by atoms with Crippen molar-refractivity contribution in [1.29, 1.82) is 0 Å². The summed E-state index contributed by atoms with van der Waals surface area (Å²) in [6.07, 6.45) is 20.5. The molecule has 0 aromatic carbocycles. The van der Waals surface area contributed by atoms with Crippen LogP contribution in [0.4, 0.5) is 0 Å². The van der Waals surface area contributed by atoms with Crippen molar-refractivity contribution in [3.05, 3.63) is 30.7 Å². The van der Waals surface area contributed by atoms with Gasteiger partial charge in [0, 0.05) is 0 Å². The first-order chi connectivity index (χ1) is 6.00. The Kier molecular flexibility index (Phi) is 5.70. The Morgan fingerprint density at radius 1 is 0.583 bits per heavy atom. The molecule has 0 unspecified atom stereocenters. The van der Waals surface area contributed by atoms with Crippen LogP contribution in [0.15, 0.2) is 24.3 Å². The van der Waals surface area contributed by atoms with E-state index >= 15 is 0 Å². The molecule has 0 N–H and O–H groups in total. The van der Waals surface area contributed by atoms with E-state index < -0.39 is 0 Å². The zero-order chi connectivity index (χ0) is 8.49. The topological polar surface area (TPSA) is 0 Å². The molecule has 0 amide bonds. The minimum atomic E-state index is 1.20. The Morgan fingerprint density at radius 2 is 1.33 bits per heavy atom. The van der Waals surface area contributed by atoms with E-state index in [9.17, 15) is 0 Å². The molecule has 0 fully saturated rings. The minimum Gasteiger partial charge on any atom is -0.0885 e. The molecular formula is C12H19. The van der Waals surface area contributed by atoms with Gasteiger partial charge in [0.05, 0.1) is 0 Å². The minimum absolute atomic E-state index is 1.20. The van der Waals surface area contributed by atoms with Crippen LogP contribution < -0.4 is 0 Å². The summed E-state index contributed by atoms with van der Waals surface area (Å²) in [4.78, 5) is 0. The molecule has 0 aromatic rings. The Bertz CT molecular complexity index is 126. The fourth-order valence-corrected chi connectivity index (χ4v) is 1.42. The summed E-state index contributed by atoms with van der Waals surface area (Å²) in [5, 5.41) is 0. The third-order valence-corrected chi connectivity index (χ3v) is 2.18. The van der Waals surface area contributed by atoms with Crippen molar-refractivity contribution >= 4 is 0 Å². The van der Waals surface area contributed by atoms with Gasteiger partial charge in [0.1, 0.15) is 0 Å². The highest BCUT2D eigenvalue weighted by molar-refractivity contribution is 4.96. The molecular weight excluding hydrogens is 144 g/mol. The molecule has 0 spiro atoms. The second kappa shape index (κ2) is 7.15. The van der Waals surface area contributed by atoms with Gasteiger partial charge in [-0.25, -0.2) is 0 Å². The third kappa shape index (κ3) is 5.17. The smallest absolute Gasteiger partial charge is 0.0167 e. The Morgan fingerprint density at radius 3 is 2.25 bits per heavy atom. The van der Waals surface area contributed by atoms with E-state index in [1.807, 2.05) is 0 Å². The highest BCUT2D eigenvalue weighted by atomic mass is 13.9. The van der Waals surface area contributed by atoms with Crippen molar-refractivity contribution in [2.75, 3.05) is 0 Å². The van der Waals surface area contributed by atoms with Crippen molar-refractivity contribution < 1.29 is 0 Å². The summed E-state index contributed by atoms with van der Waals surface area (Å²) in [6, 6.07) is 0. The van der Waals surface area contributed by atoms with Crippen LogP contribution in [0.2, 0.25) is 0 Å². The molecule has 67 valence electrons. The molecule has 1 aliphatic rings. The van der Waals surface area contributed by atoms with Crippen LogP contribution in [0.25, 0.3) is 0 Å². The maximum Gasteiger partial charge on any atom is -0.0167 e. The van der Waals surface area contributed by atoms with E-state index in [1.54, 1.807) is 0 Å². The van der Waals surface area contributed by atoms with E-state index in [-0.39, 0.29) is 0 Å². The van der Waals surface area contributed by atoms with Crippen molar-refractivity contribution in [3.63, 3.8) is 0 Å². The maximum absolute atomic E-state index is 2.33. The van der Waals surface area contributed by atoms with Gasteiger partial charge < -0.3 is 0 Å². The molecule has 0 heteroatoms. The predicted molar refractivity (Wildman–Crippen MR) is 54.9 cm³/mol. The van der Waals surface area contributed by atoms with Gasteiger partial charge in [-0.2, -0.15) is 0 Å². The molecule has 0 heterocycles. The summed E-state index contributed by atoms with van der Waals surface area (Å²) >= 11 is 0. The lowest BCUT2D eigenvalue weighted by Crippen LogP contribution is -1.78. The lowest BCUT2D eigenvalue weighted by atomic mass is 10.1. The summed E-state index contributed by atoms with van der Waals surface area (Å²) in [7, 11) is 0. The van der Waals surface area contributed by atoms with Crippen LogP contribution in [0, 0.1) is 6.42 Å². The quantitative estimate of drug-likeness (QED) is 0.473. The largest absolute Gasteiger partial charge is 0.0885 e. The normalized spacial score (nSPS) is 26.7. The summed E-state index contributed by atoms with van der Waals surface area (Å²) in [6.45, 7) is 0. The average molecular weight is 163 g/mol. The molecule has 0 atom stereocenters. The van der Waals surface area contributed by atoms with Crippen molar-refractivity contribution in [2.45, 2.75) is 44.9 Å². The highest BCUT2D eigenvalue weighted by Crippen LogP contribution is 2.07. The van der Waals surface area contributed by atoms with E-state index in [2.05, 4.69) is 30.7 Å². The van der Waals surface area contributed by atoms with E-state index in [0.29, 0.717) is 0 Å². The Hall–Kier alpha value is -0.520. The van der Waals surface area contributed by atoms with Crippen LogP contribution in [-0.4, -0.2) is 0 Å². The standard InChI is InChI=1S/C12H19/c1-2-4-6-8-10-12-11-9-7-5-3-1/h1-3,8,10H,4-7,9,11-12H2/b3-1+,10-8-. The highest BCUT2D eigenvalue weighted by Gasteiger charge is 1.88. The summed E-state index contributed by atoms with van der Waals surface area (Å²) in [5.74, 6) is 0. The SMILES string of the molecule is [CH]1/C=C/CCCCC/C=C\CC1. The number of rotatable bonds is 0. The lowest BCUT2D eigenvalue weighted by molar-refractivity contribution is 0.694. The van der Waals surface area contributed by atoms with E-state index in [1.165, 1.54) is 44.9 Å². The molecule has 0 aliphatic heterocycles. The van der Waals surface area contributed by atoms with Gasteiger partial charge in [0.25, 0.3) is 0 Å². The first-order valence-electron chi connectivity index (χ1n) is 5.13. The Balaban J connectivity index is 2.19. The first-order valence-corrected chi connectivity index (χ1v) is 5.13. The van der Waals surface area contributed by atoms with Gasteiger partial charge in [0.2, 0.25) is 0 Å². The van der Waals surface area contributed by atoms with Crippen LogP contribution >= 0.6 is 0 Å². The fraction of sp³-hybridized carbons (Fsp3) is 0.583. The molecule has 12 heavy (non-hydrogen) atoms. The van der Waals surface area contributed by atoms with Gasteiger partial charge in [-0.05, 0) is 44.9 Å². The molecule has 0 saturated carbocycles. The number of hydrogen-bond acceptors (Lipinski definition) is 0. The zero-order valence-electron chi connectivity index (χ0n) is 7.84. The predicted octanol–water partition coefficient (Wildman–Crippen LogP) is 4.05. The van der Waals surface area contributed by atoms with Crippen LogP contribution in [-0.2, 0) is 0 Å². The van der Waals surface area contributed by atoms with Crippen molar-refractivity contribution in [2.24, 2.45) is 0 Å². The van der Waals surface area contributed by atoms with Crippen molar-refractivity contribution in [1.82, 2.24) is 0 Å². The van der Waals surface area contributed by atoms with Gasteiger partial charge in [-0.15, -0.1) is 0 Å². The van der Waals surface area contributed by atoms with Gasteiger partial charge >= 0.3 is 0 Å². The lowest BCUT2D eigenvalue weighted by Gasteiger charge is -1.97. The fourth-order valence-electron chi connectivity index (χ4n) is 1.42. The van der Waals surface area contributed by atoms with Gasteiger partial charge in [-0.1, -0.05) is 30.7 Å². The summed E-state index contributed by atoms with van der Waals surface area (Å²) < 4.78 is 0. The van der Waals surface area contributed by atoms with Crippen LogP contribution in [0.5, 0.6) is 0 Å². The van der Waals surface area contributed by atoms with Gasteiger partial charge in [0.15, 0.2) is 0 Å². The van der Waals surface area contributed by atoms with Gasteiger partial charge in [-0.3, -0.25) is 0 Å². The van der Waals surface area contributed by atoms with Crippen LogP contribution in [0.1, 0.15) is 44.9 Å². The number of allylic oxidation sites excluding steroid dienone is 4. The molecule has 0 aromatic heterocycles. The molecule has 1 rings (SSSR count). The Labute approximate surface area is 76.4 Å². The van der Waals surface area contributed by atoms with E-state index in [0.717, 1.165) is 0 Å². The third-order valence-electron chi connectivity index (χ3n) is 2.18. The van der Waals surface area contributed by atoms with Crippen molar-refractivity contribution in [3.8, 4) is 0 Å². The molecule has 1 radical (unpaired) electrons. The second-order valence-corrected chi connectivity index (χ2v) is 3.35. The second-order valence-electron chi connectivity index (χ2n) is 3.35. The van der Waals surface area contributed by atoms with E-state index in [4.69, 9.17) is 0 Å². The molecule has 1 aliphatic carbocycles. The summed E-state index contributed by atoms with van der Waals surface area (Å²) in [5.41, 5.74) is 0. The first kappa shape index (κ1) is 9.57. The molecule has 0 bridgehead atoms. The molecule has 0 nitrogen and oxygen atoms in total. The number of hydrogen-bond donors (Lipinski definition) is 0. The van der Waals surface area contributed by atoms with Crippen LogP contribution in [0.3, 0.4) is 0 Å². The molecule has 0 saturated heterocycles. The average Bonchev–Trinajstić information content (AvgIpc) is 2.05. The maximum atomic E-state index is 2.33.